The number of rotatable bonds is 5. The first-order chi connectivity index (χ1) is 13.0. The lowest BCUT2D eigenvalue weighted by molar-refractivity contribution is 0.411. The third-order valence-electron chi connectivity index (χ3n) is 4.57. The zero-order valence-corrected chi connectivity index (χ0v) is 18.1. The Morgan fingerprint density at radius 2 is 1.86 bits per heavy atom. The third kappa shape index (κ3) is 3.92. The smallest absolute Gasteiger partial charge is 0.262 e. The van der Waals surface area contributed by atoms with Crippen LogP contribution in [0.4, 0.5) is 11.4 Å². The molecule has 1 fully saturated rings. The molecule has 10 heteroatoms. The van der Waals surface area contributed by atoms with Crippen molar-refractivity contribution in [2.45, 2.75) is 25.2 Å². The van der Waals surface area contributed by atoms with E-state index in [2.05, 4.69) is 4.72 Å². The lowest BCUT2D eigenvalue weighted by Gasteiger charge is -2.19. The number of hydrogen-bond acceptors (Lipinski definition) is 5. The lowest BCUT2D eigenvalue weighted by atomic mass is 10.1. The summed E-state index contributed by atoms with van der Waals surface area (Å²) < 4.78 is 58.8. The number of nitrogens with one attached hydrogen (secondary N) is 1. The maximum Gasteiger partial charge on any atom is 0.262 e. The van der Waals surface area contributed by atoms with E-state index in [-0.39, 0.29) is 21.4 Å². The van der Waals surface area contributed by atoms with Crippen LogP contribution in [0.1, 0.15) is 17.5 Å². The number of aryl methyl sites for hydroxylation is 2. The second kappa shape index (κ2) is 7.46. The van der Waals surface area contributed by atoms with Gasteiger partial charge in [0.1, 0.15) is 5.75 Å². The highest BCUT2D eigenvalue weighted by Crippen LogP contribution is 2.33. The maximum absolute atomic E-state index is 12.9. The van der Waals surface area contributed by atoms with Gasteiger partial charge in [-0.15, -0.1) is 0 Å². The van der Waals surface area contributed by atoms with Crippen LogP contribution >= 0.6 is 11.6 Å². The van der Waals surface area contributed by atoms with Crippen molar-refractivity contribution in [2.75, 3.05) is 28.4 Å². The first-order valence-electron chi connectivity index (χ1n) is 8.53. The summed E-state index contributed by atoms with van der Waals surface area (Å²) in [5.41, 5.74) is 1.82. The quantitative estimate of drug-likeness (QED) is 0.763. The number of nitrogens with zero attached hydrogens (tertiary/aromatic N) is 1. The van der Waals surface area contributed by atoms with Gasteiger partial charge in [0.15, 0.2) is 0 Å². The van der Waals surface area contributed by atoms with Crippen molar-refractivity contribution >= 4 is 43.0 Å². The topological polar surface area (TPSA) is 92.8 Å². The van der Waals surface area contributed by atoms with Crippen molar-refractivity contribution in [3.05, 3.63) is 46.5 Å². The fraction of sp³-hybridized carbons (Fsp3) is 0.333. The molecule has 1 saturated heterocycles. The molecule has 3 rings (SSSR count). The van der Waals surface area contributed by atoms with Gasteiger partial charge in [-0.1, -0.05) is 11.6 Å². The molecule has 152 valence electrons. The number of sulfonamides is 2. The van der Waals surface area contributed by atoms with Crippen molar-refractivity contribution in [3.63, 3.8) is 0 Å². The van der Waals surface area contributed by atoms with Crippen LogP contribution in [0.15, 0.2) is 35.2 Å². The summed E-state index contributed by atoms with van der Waals surface area (Å²) in [6.45, 7) is 3.82. The Kier molecular flexibility index (Phi) is 5.53. The molecule has 0 atom stereocenters. The maximum atomic E-state index is 12.9. The van der Waals surface area contributed by atoms with Crippen LogP contribution in [0.2, 0.25) is 5.02 Å². The fourth-order valence-corrected chi connectivity index (χ4v) is 6.37. The number of hydrogen-bond donors (Lipinski definition) is 1. The minimum absolute atomic E-state index is 0.0924. The molecule has 1 aliphatic heterocycles. The second-order valence-electron chi connectivity index (χ2n) is 6.60. The molecule has 0 aliphatic carbocycles. The Hall–Kier alpha value is -1.97. The summed E-state index contributed by atoms with van der Waals surface area (Å²) in [6.07, 6.45) is 0.546. The number of ether oxygens (including phenoxy) is 1. The van der Waals surface area contributed by atoms with Crippen LogP contribution in [-0.4, -0.2) is 36.2 Å². The predicted molar refractivity (Wildman–Crippen MR) is 110 cm³/mol. The van der Waals surface area contributed by atoms with Gasteiger partial charge in [0.2, 0.25) is 10.0 Å². The normalized spacial score (nSPS) is 16.2. The molecule has 0 bridgehead atoms. The minimum Gasteiger partial charge on any atom is -0.496 e. The SMILES string of the molecule is COc1cc(C)c(S(=O)(=O)Nc2ccc(N3CCCS3(=O)=O)cc2Cl)cc1C. The Balaban J connectivity index is 1.92. The highest BCUT2D eigenvalue weighted by atomic mass is 35.5. The average Bonchev–Trinajstić information content (AvgIpc) is 2.97. The van der Waals surface area contributed by atoms with Gasteiger partial charge in [-0.3, -0.25) is 9.03 Å². The predicted octanol–water partition coefficient (Wildman–Crippen LogP) is 3.31. The Bertz CT molecular complexity index is 1130. The highest BCUT2D eigenvalue weighted by Gasteiger charge is 2.29. The molecular formula is C18H21ClN2O5S2. The number of halogens is 1. The van der Waals surface area contributed by atoms with Gasteiger partial charge in [-0.25, -0.2) is 16.8 Å². The summed E-state index contributed by atoms with van der Waals surface area (Å²) in [7, 11) is -5.71. The number of methoxy groups -OCH3 is 1. The van der Waals surface area contributed by atoms with Crippen LogP contribution < -0.4 is 13.8 Å². The lowest BCUT2D eigenvalue weighted by Crippen LogP contribution is -2.25. The van der Waals surface area contributed by atoms with Gasteiger partial charge in [-0.2, -0.15) is 0 Å². The molecule has 28 heavy (non-hydrogen) atoms. The van der Waals surface area contributed by atoms with Crippen molar-refractivity contribution < 1.29 is 21.6 Å². The molecule has 1 aliphatic rings. The number of benzene rings is 2. The monoisotopic (exact) mass is 444 g/mol. The molecule has 2 aromatic carbocycles. The summed E-state index contributed by atoms with van der Waals surface area (Å²) in [5.74, 6) is 0.695. The van der Waals surface area contributed by atoms with Crippen molar-refractivity contribution in [1.82, 2.24) is 0 Å². The van der Waals surface area contributed by atoms with Crippen molar-refractivity contribution in [1.29, 1.82) is 0 Å². The molecule has 0 spiro atoms. The van der Waals surface area contributed by atoms with Crippen LogP contribution in [0, 0.1) is 13.8 Å². The van der Waals surface area contributed by atoms with E-state index in [1.807, 2.05) is 0 Å². The molecule has 0 unspecified atom stereocenters. The average molecular weight is 445 g/mol. The Labute approximate surface area is 170 Å². The van der Waals surface area contributed by atoms with Crippen LogP contribution in [0.3, 0.4) is 0 Å². The number of anilines is 2. The first kappa shape index (κ1) is 20.8. The van der Waals surface area contributed by atoms with E-state index in [1.54, 1.807) is 26.0 Å². The van der Waals surface area contributed by atoms with Crippen LogP contribution in [0.25, 0.3) is 0 Å². The minimum atomic E-state index is -3.89. The van der Waals surface area contributed by atoms with E-state index in [0.29, 0.717) is 35.5 Å². The summed E-state index contributed by atoms with van der Waals surface area (Å²) >= 11 is 6.24. The molecule has 1 N–H and O–H groups in total. The largest absolute Gasteiger partial charge is 0.496 e. The molecule has 7 nitrogen and oxygen atoms in total. The van der Waals surface area contributed by atoms with Gasteiger partial charge < -0.3 is 4.74 Å². The summed E-state index contributed by atoms with van der Waals surface area (Å²) in [6, 6.07) is 7.66. The van der Waals surface area contributed by atoms with E-state index in [1.165, 1.54) is 29.6 Å². The molecule has 1 heterocycles. The standard InChI is InChI=1S/C18H21ClN2O5S2/c1-12-10-18(13(2)9-17(12)26-3)28(24,25)20-16-6-5-14(11-15(16)19)21-7-4-8-27(21,22)23/h5-6,9-11,20H,4,7-8H2,1-3H3. The molecule has 2 aromatic rings. The van der Waals surface area contributed by atoms with Crippen molar-refractivity contribution in [3.8, 4) is 5.75 Å². The zero-order chi connectivity index (χ0) is 20.7. The van der Waals surface area contributed by atoms with Gasteiger partial charge in [0.25, 0.3) is 10.0 Å². The third-order valence-corrected chi connectivity index (χ3v) is 8.26. The molecule has 0 amide bonds. The van der Waals surface area contributed by atoms with Crippen LogP contribution in [0.5, 0.6) is 5.75 Å². The van der Waals surface area contributed by atoms with Gasteiger partial charge in [-0.05, 0) is 61.7 Å². The Morgan fingerprint density at radius 3 is 2.43 bits per heavy atom. The van der Waals surface area contributed by atoms with Gasteiger partial charge >= 0.3 is 0 Å². The molecule has 0 aromatic heterocycles. The second-order valence-corrected chi connectivity index (χ2v) is 10.7. The highest BCUT2D eigenvalue weighted by molar-refractivity contribution is 7.93. The van der Waals surface area contributed by atoms with E-state index >= 15 is 0 Å². The summed E-state index contributed by atoms with van der Waals surface area (Å²) in [5, 5.41) is 0.117. The van der Waals surface area contributed by atoms with Crippen molar-refractivity contribution in [2.24, 2.45) is 0 Å². The van der Waals surface area contributed by atoms with E-state index in [9.17, 15) is 16.8 Å². The van der Waals surface area contributed by atoms with Gasteiger partial charge in [0, 0.05) is 6.54 Å². The zero-order valence-electron chi connectivity index (χ0n) is 15.7. The molecule has 0 radical (unpaired) electrons. The van der Waals surface area contributed by atoms with Crippen LogP contribution in [-0.2, 0) is 20.0 Å². The first-order valence-corrected chi connectivity index (χ1v) is 12.0. The van der Waals surface area contributed by atoms with E-state index < -0.39 is 20.0 Å². The van der Waals surface area contributed by atoms with Gasteiger partial charge in [0.05, 0.1) is 34.2 Å². The molecule has 0 saturated carbocycles. The van der Waals surface area contributed by atoms with E-state index in [4.69, 9.17) is 16.3 Å². The molecular weight excluding hydrogens is 424 g/mol. The van der Waals surface area contributed by atoms with E-state index in [0.717, 1.165) is 0 Å². The Morgan fingerprint density at radius 1 is 1.14 bits per heavy atom. The fourth-order valence-electron chi connectivity index (χ4n) is 3.14. The summed E-state index contributed by atoms with van der Waals surface area (Å²) in [4.78, 5) is 0.119.